The number of nitrogens with one attached hydrogen (secondary N) is 1. The molecule has 0 aromatic carbocycles. The highest BCUT2D eigenvalue weighted by molar-refractivity contribution is 8.16. The van der Waals surface area contributed by atoms with Crippen LogP contribution in [0.3, 0.4) is 0 Å². The monoisotopic (exact) mass is 209 g/mol. The van der Waals surface area contributed by atoms with Gasteiger partial charge in [0.1, 0.15) is 5.75 Å². The molecule has 1 aliphatic heterocycles. The number of carbonyl (C=O) groups excluding carboxylic acids is 1. The molecule has 2 fully saturated rings. The summed E-state index contributed by atoms with van der Waals surface area (Å²) in [5, 5.41) is 4.21. The van der Waals surface area contributed by atoms with Gasteiger partial charge in [-0.05, 0) is 31.1 Å². The van der Waals surface area contributed by atoms with E-state index in [1.54, 1.807) is 5.75 Å². The summed E-state index contributed by atoms with van der Waals surface area (Å²) in [6.45, 7) is 0. The van der Waals surface area contributed by atoms with E-state index in [1.165, 1.54) is 37.4 Å². The molecule has 0 aromatic heterocycles. The summed E-state index contributed by atoms with van der Waals surface area (Å²) in [5.74, 6) is 3.22. The van der Waals surface area contributed by atoms with Gasteiger partial charge in [-0.15, -0.1) is 0 Å². The fourth-order valence-electron chi connectivity index (χ4n) is 2.91. The predicted octanol–water partition coefficient (Wildman–Crippen LogP) is 1.56. The van der Waals surface area contributed by atoms with Gasteiger partial charge in [-0.1, -0.05) is 18.2 Å². The summed E-state index contributed by atoms with van der Waals surface area (Å²) in [7, 11) is 0. The second-order valence-electron chi connectivity index (χ2n) is 4.42. The molecule has 0 spiro atoms. The topological polar surface area (TPSA) is 41.5 Å². The van der Waals surface area contributed by atoms with Crippen LogP contribution in [0.2, 0.25) is 0 Å². The molecule has 14 heavy (non-hydrogen) atoms. The van der Waals surface area contributed by atoms with Crippen LogP contribution in [-0.2, 0) is 4.79 Å². The number of amidine groups is 1. The van der Waals surface area contributed by atoms with Crippen LogP contribution in [0.5, 0.6) is 0 Å². The average molecular weight is 209 g/mol. The highest BCUT2D eigenvalue weighted by Gasteiger charge is 2.40. The predicted molar refractivity (Wildman–Crippen MR) is 56.7 cm³/mol. The molecule has 2 aliphatic carbocycles. The molecule has 0 saturated heterocycles. The summed E-state index contributed by atoms with van der Waals surface area (Å²) in [4.78, 5) is 14.8. The van der Waals surface area contributed by atoms with E-state index in [4.69, 9.17) is 0 Å². The van der Waals surface area contributed by atoms with Crippen molar-refractivity contribution in [1.29, 1.82) is 0 Å². The SMILES string of the molecule is O=C1[CH]SC(NC2CC3CCC2C3)=N1. The third-order valence-electron chi connectivity index (χ3n) is 3.53. The molecule has 2 bridgehead atoms. The second-order valence-corrected chi connectivity index (χ2v) is 5.27. The van der Waals surface area contributed by atoms with Gasteiger partial charge in [-0.25, -0.2) is 0 Å². The van der Waals surface area contributed by atoms with E-state index in [2.05, 4.69) is 10.3 Å². The lowest BCUT2D eigenvalue weighted by Gasteiger charge is -2.23. The molecule has 4 heteroatoms. The van der Waals surface area contributed by atoms with Crippen LogP contribution in [0.25, 0.3) is 0 Å². The van der Waals surface area contributed by atoms with Gasteiger partial charge in [0.25, 0.3) is 5.91 Å². The molecule has 1 N–H and O–H groups in total. The number of aliphatic imine (C=N–C) groups is 1. The quantitative estimate of drug-likeness (QED) is 0.712. The lowest BCUT2D eigenvalue weighted by Crippen LogP contribution is -2.36. The Morgan fingerprint density at radius 2 is 2.36 bits per heavy atom. The van der Waals surface area contributed by atoms with Gasteiger partial charge < -0.3 is 5.32 Å². The van der Waals surface area contributed by atoms with Gasteiger partial charge in [0.2, 0.25) is 0 Å². The van der Waals surface area contributed by atoms with E-state index in [9.17, 15) is 4.79 Å². The number of hydrogen-bond acceptors (Lipinski definition) is 3. The highest BCUT2D eigenvalue weighted by Crippen LogP contribution is 2.44. The molecule has 0 aromatic rings. The molecule has 1 heterocycles. The van der Waals surface area contributed by atoms with Crippen molar-refractivity contribution in [1.82, 2.24) is 5.32 Å². The van der Waals surface area contributed by atoms with Crippen LogP contribution in [0, 0.1) is 17.6 Å². The van der Waals surface area contributed by atoms with Crippen LogP contribution in [0.1, 0.15) is 25.7 Å². The highest BCUT2D eigenvalue weighted by atomic mass is 32.2. The Hall–Kier alpha value is -0.510. The van der Waals surface area contributed by atoms with E-state index >= 15 is 0 Å². The Morgan fingerprint density at radius 3 is 2.93 bits per heavy atom. The van der Waals surface area contributed by atoms with Gasteiger partial charge >= 0.3 is 0 Å². The van der Waals surface area contributed by atoms with Gasteiger partial charge in [0, 0.05) is 6.04 Å². The Kier molecular flexibility index (Phi) is 2.04. The zero-order valence-corrected chi connectivity index (χ0v) is 8.72. The van der Waals surface area contributed by atoms with Crippen molar-refractivity contribution in [3.63, 3.8) is 0 Å². The number of fused-ring (bicyclic) bond motifs is 2. The Balaban J connectivity index is 1.63. The van der Waals surface area contributed by atoms with Crippen molar-refractivity contribution < 1.29 is 4.79 Å². The lowest BCUT2D eigenvalue weighted by molar-refractivity contribution is -0.113. The first-order valence-electron chi connectivity index (χ1n) is 5.20. The number of hydrogen-bond donors (Lipinski definition) is 1. The molecular formula is C10H13N2OS. The van der Waals surface area contributed by atoms with Crippen molar-refractivity contribution in [2.75, 3.05) is 0 Å². The van der Waals surface area contributed by atoms with Crippen LogP contribution < -0.4 is 5.32 Å². The van der Waals surface area contributed by atoms with E-state index in [0.29, 0.717) is 6.04 Å². The maximum atomic E-state index is 10.9. The van der Waals surface area contributed by atoms with Crippen molar-refractivity contribution in [2.45, 2.75) is 31.7 Å². The molecule has 75 valence electrons. The van der Waals surface area contributed by atoms with Crippen molar-refractivity contribution in [3.8, 4) is 0 Å². The van der Waals surface area contributed by atoms with Crippen LogP contribution >= 0.6 is 11.8 Å². The van der Waals surface area contributed by atoms with Crippen LogP contribution in [-0.4, -0.2) is 17.1 Å². The zero-order chi connectivity index (χ0) is 9.54. The smallest absolute Gasteiger partial charge is 0.263 e. The summed E-state index contributed by atoms with van der Waals surface area (Å²) in [6.07, 6.45) is 5.43. The minimum Gasteiger partial charge on any atom is -0.361 e. The third kappa shape index (κ3) is 1.45. The molecule has 3 nitrogen and oxygen atoms in total. The number of carbonyl (C=O) groups is 1. The van der Waals surface area contributed by atoms with Crippen LogP contribution in [0.15, 0.2) is 4.99 Å². The number of rotatable bonds is 1. The fraction of sp³-hybridized carbons (Fsp3) is 0.700. The fourth-order valence-corrected chi connectivity index (χ4v) is 3.53. The second kappa shape index (κ2) is 3.26. The Bertz CT molecular complexity index is 302. The molecule has 3 rings (SSSR count). The van der Waals surface area contributed by atoms with E-state index in [-0.39, 0.29) is 5.91 Å². The van der Waals surface area contributed by atoms with Crippen molar-refractivity contribution in [2.24, 2.45) is 16.8 Å². The summed E-state index contributed by atoms with van der Waals surface area (Å²) in [6, 6.07) is 0.583. The third-order valence-corrected chi connectivity index (χ3v) is 4.28. The standard InChI is InChI=1S/C10H13N2OS/c13-9-5-14-10(12-9)11-8-4-6-1-2-7(8)3-6/h5-8H,1-4H2,(H,11,12,13). The zero-order valence-electron chi connectivity index (χ0n) is 7.90. The molecule has 2 saturated carbocycles. The Morgan fingerprint density at radius 1 is 1.43 bits per heavy atom. The van der Waals surface area contributed by atoms with E-state index in [0.717, 1.165) is 17.0 Å². The first-order chi connectivity index (χ1) is 6.81. The van der Waals surface area contributed by atoms with Crippen molar-refractivity contribution >= 4 is 22.8 Å². The number of nitrogens with zero attached hydrogens (tertiary/aromatic N) is 1. The van der Waals surface area contributed by atoms with Crippen molar-refractivity contribution in [3.05, 3.63) is 5.75 Å². The molecule has 3 aliphatic rings. The van der Waals surface area contributed by atoms with Crippen LogP contribution in [0.4, 0.5) is 0 Å². The van der Waals surface area contributed by atoms with E-state index in [1.807, 2.05) is 0 Å². The normalized spacial score (nSPS) is 40.4. The first-order valence-corrected chi connectivity index (χ1v) is 6.08. The number of amides is 1. The molecule has 3 atom stereocenters. The first kappa shape index (κ1) is 8.77. The minimum atomic E-state index is -0.111. The number of thioether (sulfide) groups is 1. The average Bonchev–Trinajstić information content (AvgIpc) is 2.82. The van der Waals surface area contributed by atoms with Gasteiger partial charge in [0.05, 0.1) is 0 Å². The molecule has 1 amide bonds. The summed E-state index contributed by atoms with van der Waals surface area (Å²) < 4.78 is 0. The summed E-state index contributed by atoms with van der Waals surface area (Å²) >= 11 is 1.43. The van der Waals surface area contributed by atoms with Gasteiger partial charge in [-0.3, -0.25) is 4.79 Å². The van der Waals surface area contributed by atoms with Gasteiger partial charge in [-0.2, -0.15) is 4.99 Å². The largest absolute Gasteiger partial charge is 0.361 e. The molecular weight excluding hydrogens is 196 g/mol. The molecule has 1 radical (unpaired) electrons. The maximum Gasteiger partial charge on any atom is 0.263 e. The van der Waals surface area contributed by atoms with Gasteiger partial charge in [0.15, 0.2) is 5.17 Å². The van der Waals surface area contributed by atoms with E-state index < -0.39 is 0 Å². The molecule has 3 unspecified atom stereocenters. The maximum absolute atomic E-state index is 10.9. The Labute approximate surface area is 87.7 Å². The lowest BCUT2D eigenvalue weighted by atomic mass is 9.96. The minimum absolute atomic E-state index is 0.111. The summed E-state index contributed by atoms with van der Waals surface area (Å²) in [5.41, 5.74) is 0.